The fraction of sp³-hybridized carbons (Fsp3) is 0. The second-order valence-corrected chi connectivity index (χ2v) is 18.6. The van der Waals surface area contributed by atoms with Gasteiger partial charge >= 0.3 is 0 Å². The van der Waals surface area contributed by atoms with Gasteiger partial charge in [-0.25, -0.2) is 19.7 Å². The van der Waals surface area contributed by atoms with Crippen molar-refractivity contribution in [1.82, 2.24) is 19.1 Å². The van der Waals surface area contributed by atoms with Crippen molar-refractivity contribution in [1.29, 1.82) is 10.5 Å². The minimum Gasteiger partial charge on any atom is -0.309 e. The zero-order valence-electron chi connectivity index (χ0n) is 40.5. The highest BCUT2D eigenvalue weighted by atomic mass is 15.0. The summed E-state index contributed by atoms with van der Waals surface area (Å²) < 4.78 is 4.68. The molecule has 0 aliphatic heterocycles. The minimum atomic E-state index is 0.383. The van der Waals surface area contributed by atoms with Crippen molar-refractivity contribution in [3.05, 3.63) is 264 Å². The molecular formula is C68H38N8. The average molecular weight is 967 g/mol. The van der Waals surface area contributed by atoms with Crippen LogP contribution in [0.1, 0.15) is 11.1 Å². The lowest BCUT2D eigenvalue weighted by molar-refractivity contribution is 1.16. The molecule has 3 aromatic heterocycles. The molecule has 0 aliphatic rings. The van der Waals surface area contributed by atoms with Gasteiger partial charge in [0.25, 0.3) is 0 Å². The van der Waals surface area contributed by atoms with Crippen molar-refractivity contribution in [3.8, 4) is 90.8 Å². The molecule has 0 aliphatic carbocycles. The third kappa shape index (κ3) is 7.68. The Morgan fingerprint density at radius 3 is 1.36 bits per heavy atom. The summed E-state index contributed by atoms with van der Waals surface area (Å²) in [6, 6.07) is 82.2. The number of rotatable bonds is 8. The van der Waals surface area contributed by atoms with Gasteiger partial charge < -0.3 is 9.13 Å². The van der Waals surface area contributed by atoms with E-state index in [4.69, 9.17) is 23.1 Å². The van der Waals surface area contributed by atoms with Gasteiger partial charge in [0.05, 0.1) is 70.1 Å². The molecule has 0 saturated carbocycles. The van der Waals surface area contributed by atoms with Crippen molar-refractivity contribution in [2.45, 2.75) is 0 Å². The Labute approximate surface area is 437 Å². The van der Waals surface area contributed by atoms with Gasteiger partial charge in [-0.2, -0.15) is 10.5 Å². The van der Waals surface area contributed by atoms with E-state index in [0.717, 1.165) is 116 Å². The number of nitrogens with zero attached hydrogens (tertiary/aromatic N) is 8. The van der Waals surface area contributed by atoms with Gasteiger partial charge in [0.15, 0.2) is 17.2 Å². The van der Waals surface area contributed by atoms with Gasteiger partial charge in [0.2, 0.25) is 0 Å². The summed E-state index contributed by atoms with van der Waals surface area (Å²) in [5.41, 5.74) is 17.0. The van der Waals surface area contributed by atoms with Crippen molar-refractivity contribution in [2.75, 3.05) is 0 Å². The van der Waals surface area contributed by atoms with E-state index in [2.05, 4.69) is 177 Å². The highest BCUT2D eigenvalue weighted by molar-refractivity contribution is 6.13. The van der Waals surface area contributed by atoms with E-state index in [1.54, 1.807) is 12.1 Å². The maximum absolute atomic E-state index is 10.0. The largest absolute Gasteiger partial charge is 0.309 e. The fourth-order valence-corrected chi connectivity index (χ4v) is 10.7. The molecule has 0 bridgehead atoms. The molecule has 8 nitrogen and oxygen atoms in total. The van der Waals surface area contributed by atoms with Gasteiger partial charge in [0, 0.05) is 60.5 Å². The van der Waals surface area contributed by atoms with Crippen LogP contribution in [0.25, 0.3) is 132 Å². The highest BCUT2D eigenvalue weighted by Gasteiger charge is 2.23. The summed E-state index contributed by atoms with van der Waals surface area (Å²) in [6.07, 6.45) is 0. The Kier molecular flexibility index (Phi) is 10.9. The SMILES string of the molecule is [C-]#[N+]c1cc(C#N)cc(-c2ccc3c(c2)c2cc(-c4cc(C#N)cc([N+]#[C-])c4)ccc2n3-c2ccc(-c3cc(-c4ccccc4)nc(-c4ccccc4)n3)cc2-c2ccccc2-n2c3ccccc3c3ccccc32)c1. The molecule has 0 N–H and O–H groups in total. The van der Waals surface area contributed by atoms with E-state index in [-0.39, 0.29) is 0 Å². The Morgan fingerprint density at radius 1 is 0.342 bits per heavy atom. The van der Waals surface area contributed by atoms with E-state index < -0.39 is 0 Å². The van der Waals surface area contributed by atoms with Crippen molar-refractivity contribution >= 4 is 55.0 Å². The molecule has 0 atom stereocenters. The number of hydrogen-bond acceptors (Lipinski definition) is 4. The number of hydrogen-bond donors (Lipinski definition) is 0. The van der Waals surface area contributed by atoms with Crippen LogP contribution in [0.2, 0.25) is 0 Å². The lowest BCUT2D eigenvalue weighted by Crippen LogP contribution is -2.02. The van der Waals surface area contributed by atoms with Crippen molar-refractivity contribution < 1.29 is 0 Å². The van der Waals surface area contributed by atoms with Gasteiger partial charge in [-0.1, -0.05) is 133 Å². The van der Waals surface area contributed by atoms with Gasteiger partial charge in [-0.3, -0.25) is 0 Å². The van der Waals surface area contributed by atoms with Gasteiger partial charge in [0.1, 0.15) is 0 Å². The quantitative estimate of drug-likeness (QED) is 0.142. The van der Waals surface area contributed by atoms with Crippen LogP contribution >= 0.6 is 0 Å². The summed E-state index contributed by atoms with van der Waals surface area (Å²) in [5.74, 6) is 0.620. The standard InChI is InChI=1S/C68H38N8/c1-71-52-33-43(41-69)31-50(35-52)47-25-28-66-58(37-47)59-38-48(51-32-44(42-70)34-53(36-51)72-2)26-29-67(59)76(66)65-30-27-49(61-40-60(45-15-5-3-6-16-45)73-68(74-61)46-17-7-4-8-18-46)39-57(65)56-21-11-14-24-64(56)75-62-22-12-9-19-54(62)55-20-10-13-23-63(55)75/h3-40H. The third-order valence-electron chi connectivity index (χ3n) is 14.2. The van der Waals surface area contributed by atoms with Crippen LogP contribution in [0.3, 0.4) is 0 Å². The average Bonchev–Trinajstić information content (AvgIpc) is 4.12. The summed E-state index contributed by atoms with van der Waals surface area (Å²) in [4.78, 5) is 17.8. The Bertz CT molecular complexity index is 4380. The first-order valence-corrected chi connectivity index (χ1v) is 24.6. The number of benzene rings is 10. The first kappa shape index (κ1) is 44.8. The lowest BCUT2D eigenvalue weighted by atomic mass is 9.96. The molecule has 76 heavy (non-hydrogen) atoms. The highest BCUT2D eigenvalue weighted by Crippen LogP contribution is 2.44. The van der Waals surface area contributed by atoms with Crippen LogP contribution in [0.5, 0.6) is 0 Å². The van der Waals surface area contributed by atoms with Crippen LogP contribution in [-0.4, -0.2) is 19.1 Å². The lowest BCUT2D eigenvalue weighted by Gasteiger charge is -2.20. The molecular weight excluding hydrogens is 929 g/mol. The summed E-state index contributed by atoms with van der Waals surface area (Å²) >= 11 is 0. The van der Waals surface area contributed by atoms with E-state index in [0.29, 0.717) is 28.3 Å². The molecule has 0 fully saturated rings. The normalized spacial score (nSPS) is 11.1. The first-order valence-electron chi connectivity index (χ1n) is 24.6. The first-order chi connectivity index (χ1) is 37.5. The predicted octanol–water partition coefficient (Wildman–Crippen LogP) is 17.5. The molecule has 3 heterocycles. The van der Waals surface area contributed by atoms with Crippen LogP contribution in [0, 0.1) is 35.8 Å². The molecule has 0 amide bonds. The third-order valence-corrected chi connectivity index (χ3v) is 14.2. The van der Waals surface area contributed by atoms with Gasteiger partial charge in [-0.05, 0) is 119 Å². The molecule has 13 rings (SSSR count). The molecule has 0 unspecified atom stereocenters. The predicted molar refractivity (Wildman–Crippen MR) is 305 cm³/mol. The fourth-order valence-electron chi connectivity index (χ4n) is 10.7. The zero-order valence-corrected chi connectivity index (χ0v) is 40.5. The van der Waals surface area contributed by atoms with E-state index >= 15 is 0 Å². The molecule has 0 saturated heterocycles. The molecule has 350 valence electrons. The molecule has 10 aromatic carbocycles. The van der Waals surface area contributed by atoms with Crippen LogP contribution in [0.4, 0.5) is 11.4 Å². The maximum atomic E-state index is 10.0. The molecule has 0 spiro atoms. The topological polar surface area (TPSA) is 91.9 Å². The van der Waals surface area contributed by atoms with E-state index in [1.807, 2.05) is 72.8 Å². The van der Waals surface area contributed by atoms with E-state index in [9.17, 15) is 10.5 Å². The monoisotopic (exact) mass is 966 g/mol. The maximum Gasteiger partial charge on any atom is 0.189 e. The Morgan fingerprint density at radius 2 is 0.803 bits per heavy atom. The second-order valence-electron chi connectivity index (χ2n) is 18.6. The number of nitriles is 2. The van der Waals surface area contributed by atoms with E-state index in [1.165, 1.54) is 0 Å². The molecule has 8 heteroatoms. The summed E-state index contributed by atoms with van der Waals surface area (Å²) in [5, 5.41) is 24.2. The van der Waals surface area contributed by atoms with Crippen LogP contribution in [0.15, 0.2) is 231 Å². The second kappa shape index (κ2) is 18.5. The molecule has 0 radical (unpaired) electrons. The number of aromatic nitrogens is 4. The van der Waals surface area contributed by atoms with Crippen molar-refractivity contribution in [3.63, 3.8) is 0 Å². The van der Waals surface area contributed by atoms with Gasteiger partial charge in [-0.15, -0.1) is 0 Å². The zero-order chi connectivity index (χ0) is 51.3. The summed E-state index contributed by atoms with van der Waals surface area (Å²) in [7, 11) is 0. The van der Waals surface area contributed by atoms with Crippen LogP contribution < -0.4 is 0 Å². The summed E-state index contributed by atoms with van der Waals surface area (Å²) in [6.45, 7) is 15.7. The minimum absolute atomic E-state index is 0.383. The van der Waals surface area contributed by atoms with Crippen LogP contribution in [-0.2, 0) is 0 Å². The van der Waals surface area contributed by atoms with Crippen molar-refractivity contribution in [2.24, 2.45) is 0 Å². The molecule has 13 aromatic rings. The number of para-hydroxylation sites is 3. The number of fused-ring (bicyclic) bond motifs is 6. The Balaban J connectivity index is 1.12. The Hall–Kier alpha value is -11.2. The smallest absolute Gasteiger partial charge is 0.189 e.